The van der Waals surface area contributed by atoms with Crippen LogP contribution < -0.4 is 0 Å². The fourth-order valence-corrected chi connectivity index (χ4v) is 2.08. The van der Waals surface area contributed by atoms with Crippen LogP contribution in [0.2, 0.25) is 0 Å². The lowest BCUT2D eigenvalue weighted by molar-refractivity contribution is 0.483. The first-order valence-electron chi connectivity index (χ1n) is 5.46. The molecular weight excluding hydrogens is 280 g/mol. The van der Waals surface area contributed by atoms with Gasteiger partial charge >= 0.3 is 0 Å². The summed E-state index contributed by atoms with van der Waals surface area (Å²) >= 11 is 0. The van der Waals surface area contributed by atoms with Gasteiger partial charge in [0.2, 0.25) is 0 Å². The van der Waals surface area contributed by atoms with Gasteiger partial charge in [-0.05, 0) is 30.3 Å². The number of azo groups is 1. The highest BCUT2D eigenvalue weighted by atomic mass is 32.2. The van der Waals surface area contributed by atoms with Crippen LogP contribution in [0, 0.1) is 5.53 Å². The number of benzene rings is 2. The molecule has 0 atom stereocenters. The van der Waals surface area contributed by atoms with Crippen LogP contribution in [0.5, 0.6) is 0 Å². The van der Waals surface area contributed by atoms with Crippen LogP contribution in [0.4, 0.5) is 17.1 Å². The van der Waals surface area contributed by atoms with Crippen molar-refractivity contribution in [2.24, 2.45) is 15.3 Å². The first-order valence-corrected chi connectivity index (χ1v) is 6.90. The van der Waals surface area contributed by atoms with E-state index < -0.39 is 10.1 Å². The second-order valence-electron chi connectivity index (χ2n) is 3.77. The Morgan fingerprint density at radius 1 is 0.950 bits per heavy atom. The van der Waals surface area contributed by atoms with Gasteiger partial charge in [-0.1, -0.05) is 18.2 Å². The van der Waals surface area contributed by atoms with Crippen LogP contribution in [0.25, 0.3) is 0 Å². The Hall–Kier alpha value is -2.45. The Balaban J connectivity index is 2.49. The molecule has 0 aliphatic carbocycles. The smallest absolute Gasteiger partial charge is 0.282 e. The molecule has 2 N–H and O–H groups in total. The van der Waals surface area contributed by atoms with Crippen molar-refractivity contribution in [3.05, 3.63) is 48.5 Å². The molecule has 0 saturated heterocycles. The summed E-state index contributed by atoms with van der Waals surface area (Å²) in [5.74, 6) is 0. The molecule has 2 aromatic rings. The molecule has 0 aliphatic rings. The summed E-state index contributed by atoms with van der Waals surface area (Å²) in [5, 5.41) is 10.8. The van der Waals surface area contributed by atoms with E-state index >= 15 is 0 Å². The Morgan fingerprint density at radius 3 is 2.25 bits per heavy atom. The molecule has 0 aromatic heterocycles. The quantitative estimate of drug-likeness (QED) is 0.654. The molecule has 0 saturated carbocycles. The maximum Gasteiger partial charge on any atom is 0.296 e. The van der Waals surface area contributed by atoms with Gasteiger partial charge in [0.25, 0.3) is 10.1 Å². The molecule has 0 amide bonds. The third-order valence-electron chi connectivity index (χ3n) is 2.38. The molecule has 0 bridgehead atoms. The summed E-state index contributed by atoms with van der Waals surface area (Å²) in [4.78, 5) is -0.385. The summed E-state index contributed by atoms with van der Waals surface area (Å²) in [6.07, 6.45) is 0. The Labute approximate surface area is 115 Å². The molecule has 20 heavy (non-hydrogen) atoms. The van der Waals surface area contributed by atoms with E-state index in [0.29, 0.717) is 5.69 Å². The lowest BCUT2D eigenvalue weighted by atomic mass is 10.3. The largest absolute Gasteiger partial charge is 0.296 e. The highest BCUT2D eigenvalue weighted by Crippen LogP contribution is 2.30. The third-order valence-corrected chi connectivity index (χ3v) is 3.28. The molecule has 0 heterocycles. The van der Waals surface area contributed by atoms with E-state index in [9.17, 15) is 8.42 Å². The normalized spacial score (nSPS) is 11.7. The molecule has 7 nitrogen and oxygen atoms in total. The second-order valence-corrected chi connectivity index (χ2v) is 5.16. The van der Waals surface area contributed by atoms with Crippen molar-refractivity contribution >= 4 is 27.2 Å². The first-order chi connectivity index (χ1) is 9.50. The van der Waals surface area contributed by atoms with Gasteiger partial charge in [0, 0.05) is 0 Å². The summed E-state index contributed by atoms with van der Waals surface area (Å²) in [5.41, 5.74) is 7.56. The predicted octanol–water partition coefficient (Wildman–Crippen LogP) is 4.01. The van der Waals surface area contributed by atoms with Crippen LogP contribution in [0.3, 0.4) is 0 Å². The monoisotopic (exact) mass is 290 g/mol. The van der Waals surface area contributed by atoms with Crippen molar-refractivity contribution in [1.29, 1.82) is 5.53 Å². The minimum atomic E-state index is -4.42. The number of nitrogens with zero attached hydrogens (tertiary/aromatic N) is 3. The first kappa shape index (κ1) is 14.0. The fraction of sp³-hybridized carbons (Fsp3) is 0. The van der Waals surface area contributed by atoms with Gasteiger partial charge in [-0.3, -0.25) is 4.55 Å². The summed E-state index contributed by atoms with van der Waals surface area (Å²) in [7, 11) is -4.42. The number of hydrogen-bond acceptors (Lipinski definition) is 6. The number of rotatable bonds is 4. The van der Waals surface area contributed by atoms with E-state index in [-0.39, 0.29) is 16.3 Å². The summed E-state index contributed by atoms with van der Waals surface area (Å²) in [6, 6.07) is 12.4. The molecule has 0 aliphatic heterocycles. The zero-order valence-corrected chi connectivity index (χ0v) is 10.9. The van der Waals surface area contributed by atoms with Crippen molar-refractivity contribution < 1.29 is 13.0 Å². The highest BCUT2D eigenvalue weighted by molar-refractivity contribution is 7.86. The van der Waals surface area contributed by atoms with E-state index in [1.165, 1.54) is 12.1 Å². The van der Waals surface area contributed by atoms with Gasteiger partial charge in [0.1, 0.15) is 10.6 Å². The average Bonchev–Trinajstić information content (AvgIpc) is 2.45. The maximum atomic E-state index is 11.2. The maximum absolute atomic E-state index is 11.2. The van der Waals surface area contributed by atoms with Crippen molar-refractivity contribution in [2.45, 2.75) is 4.90 Å². The van der Waals surface area contributed by atoms with E-state index in [1.54, 1.807) is 24.3 Å². The molecule has 8 heteroatoms. The number of hydrogen-bond donors (Lipinski definition) is 2. The minimum absolute atomic E-state index is 0.0788. The van der Waals surface area contributed by atoms with Crippen molar-refractivity contribution in [3.8, 4) is 0 Å². The standard InChI is InChI=1S/C12H10N4O3S/c13-14-10-6-7-12(20(17,18)19)11(8-10)16-15-9-4-2-1-3-5-9/h1-8,13H,(H,17,18,19). The lowest BCUT2D eigenvalue weighted by Crippen LogP contribution is -1.97. The molecule has 0 radical (unpaired) electrons. The van der Waals surface area contributed by atoms with Crippen LogP contribution >= 0.6 is 0 Å². The summed E-state index contributed by atoms with van der Waals surface area (Å²) in [6.45, 7) is 0. The van der Waals surface area contributed by atoms with E-state index in [0.717, 1.165) is 6.07 Å². The molecular formula is C12H10N4O3S. The van der Waals surface area contributed by atoms with Crippen molar-refractivity contribution in [2.75, 3.05) is 0 Å². The third kappa shape index (κ3) is 3.31. The van der Waals surface area contributed by atoms with E-state index in [4.69, 9.17) is 10.1 Å². The zero-order valence-electron chi connectivity index (χ0n) is 10.1. The molecule has 102 valence electrons. The molecule has 0 fully saturated rings. The predicted molar refractivity (Wildman–Crippen MR) is 71.7 cm³/mol. The zero-order chi connectivity index (χ0) is 14.6. The Morgan fingerprint density at radius 2 is 1.65 bits per heavy atom. The second kappa shape index (κ2) is 5.68. The Kier molecular flexibility index (Phi) is 3.97. The Bertz CT molecular complexity index is 758. The van der Waals surface area contributed by atoms with Gasteiger partial charge in [0.15, 0.2) is 0 Å². The van der Waals surface area contributed by atoms with Crippen LogP contribution in [-0.2, 0) is 10.1 Å². The van der Waals surface area contributed by atoms with Crippen LogP contribution in [-0.4, -0.2) is 13.0 Å². The lowest BCUT2D eigenvalue weighted by Gasteiger charge is -2.02. The molecule has 2 aromatic carbocycles. The molecule has 0 spiro atoms. The summed E-state index contributed by atoms with van der Waals surface area (Å²) < 4.78 is 31.6. The van der Waals surface area contributed by atoms with Crippen LogP contribution in [0.15, 0.2) is 68.8 Å². The molecule has 2 rings (SSSR count). The van der Waals surface area contributed by atoms with Gasteiger partial charge in [0.05, 0.1) is 11.4 Å². The van der Waals surface area contributed by atoms with Gasteiger partial charge < -0.3 is 0 Å². The van der Waals surface area contributed by atoms with Gasteiger partial charge in [-0.15, -0.1) is 5.11 Å². The fourth-order valence-electron chi connectivity index (χ4n) is 1.48. The SMILES string of the molecule is N=Nc1ccc(S(=O)(=O)O)c(N=Nc2ccccc2)c1. The van der Waals surface area contributed by atoms with Crippen molar-refractivity contribution in [3.63, 3.8) is 0 Å². The van der Waals surface area contributed by atoms with Gasteiger partial charge in [-0.25, -0.2) is 5.53 Å². The van der Waals surface area contributed by atoms with Crippen molar-refractivity contribution in [1.82, 2.24) is 0 Å². The van der Waals surface area contributed by atoms with Crippen LogP contribution in [0.1, 0.15) is 0 Å². The van der Waals surface area contributed by atoms with Gasteiger partial charge in [-0.2, -0.15) is 18.6 Å². The minimum Gasteiger partial charge on any atom is -0.282 e. The topological polar surface area (TPSA) is 115 Å². The number of nitrogens with one attached hydrogen (secondary N) is 1. The average molecular weight is 290 g/mol. The van der Waals surface area contributed by atoms with E-state index in [1.807, 2.05) is 6.07 Å². The molecule has 0 unspecified atom stereocenters. The highest BCUT2D eigenvalue weighted by Gasteiger charge is 2.16. The van der Waals surface area contributed by atoms with E-state index in [2.05, 4.69) is 15.3 Å².